The summed E-state index contributed by atoms with van der Waals surface area (Å²) in [5.41, 5.74) is 1.56. The van der Waals surface area contributed by atoms with Crippen molar-refractivity contribution in [3.8, 4) is 5.75 Å². The highest BCUT2D eigenvalue weighted by molar-refractivity contribution is 5.88. The summed E-state index contributed by atoms with van der Waals surface area (Å²) in [7, 11) is 0. The number of phenolic OH excluding ortho intramolecular Hbond substituents is 1. The number of aromatic hydroxyl groups is 1. The van der Waals surface area contributed by atoms with E-state index in [4.69, 9.17) is 0 Å². The molecule has 2 N–H and O–H groups in total. The number of nitrogens with zero attached hydrogens (tertiary/aromatic N) is 1. The number of benzene rings is 1. The number of phenols is 1. The predicted molar refractivity (Wildman–Crippen MR) is 66.9 cm³/mol. The highest BCUT2D eigenvalue weighted by Gasteiger charge is 2.13. The summed E-state index contributed by atoms with van der Waals surface area (Å²) < 4.78 is 0. The fraction of sp³-hybridized carbons (Fsp3) is 0.462. The monoisotopic (exact) mass is 234 g/mol. The van der Waals surface area contributed by atoms with Crippen molar-refractivity contribution in [2.24, 2.45) is 0 Å². The van der Waals surface area contributed by atoms with Crippen LogP contribution in [0.25, 0.3) is 0 Å². The number of amides is 1. The van der Waals surface area contributed by atoms with Crippen LogP contribution in [0, 0.1) is 0 Å². The van der Waals surface area contributed by atoms with Crippen LogP contribution in [-0.2, 0) is 11.3 Å². The standard InChI is InChI=1S/C13H18N2O2/c1-10(16)14-12-5-4-11(13(17)8-12)9-15-6-2-3-7-15/h4-5,8,17H,2-3,6-7,9H2,1H3,(H,14,16). The maximum absolute atomic E-state index is 10.9. The van der Waals surface area contributed by atoms with E-state index in [1.54, 1.807) is 6.07 Å². The summed E-state index contributed by atoms with van der Waals surface area (Å²) in [5.74, 6) is 0.125. The third kappa shape index (κ3) is 3.20. The Labute approximate surface area is 101 Å². The van der Waals surface area contributed by atoms with Crippen LogP contribution in [0.1, 0.15) is 25.3 Å². The van der Waals surface area contributed by atoms with Crippen molar-refractivity contribution in [1.82, 2.24) is 4.90 Å². The Morgan fingerprint density at radius 2 is 2.12 bits per heavy atom. The minimum atomic E-state index is -0.128. The van der Waals surface area contributed by atoms with Gasteiger partial charge in [-0.3, -0.25) is 9.69 Å². The molecule has 1 aliphatic heterocycles. The van der Waals surface area contributed by atoms with E-state index >= 15 is 0 Å². The molecule has 1 amide bonds. The van der Waals surface area contributed by atoms with Crippen molar-refractivity contribution < 1.29 is 9.90 Å². The van der Waals surface area contributed by atoms with Crippen LogP contribution in [0.4, 0.5) is 5.69 Å². The molecular weight excluding hydrogens is 216 g/mol. The third-order valence-corrected chi connectivity index (χ3v) is 3.00. The number of hydrogen-bond donors (Lipinski definition) is 2. The maximum atomic E-state index is 10.9. The summed E-state index contributed by atoms with van der Waals surface area (Å²) in [6.07, 6.45) is 2.48. The van der Waals surface area contributed by atoms with E-state index in [0.29, 0.717) is 5.69 Å². The van der Waals surface area contributed by atoms with Crippen LogP contribution >= 0.6 is 0 Å². The molecule has 1 aliphatic rings. The summed E-state index contributed by atoms with van der Waals surface area (Å²) in [5, 5.41) is 12.5. The second-order valence-corrected chi connectivity index (χ2v) is 4.51. The van der Waals surface area contributed by atoms with Crippen LogP contribution in [0.3, 0.4) is 0 Å². The molecule has 0 saturated carbocycles. The quantitative estimate of drug-likeness (QED) is 0.840. The molecule has 0 spiro atoms. The van der Waals surface area contributed by atoms with Crippen LogP contribution in [0.2, 0.25) is 0 Å². The molecule has 4 heteroatoms. The molecule has 0 aliphatic carbocycles. The summed E-state index contributed by atoms with van der Waals surface area (Å²) in [4.78, 5) is 13.2. The molecule has 0 unspecified atom stereocenters. The Kier molecular flexibility index (Phi) is 3.64. The van der Waals surface area contributed by atoms with Crippen molar-refractivity contribution in [2.45, 2.75) is 26.3 Å². The first-order valence-corrected chi connectivity index (χ1v) is 5.97. The zero-order chi connectivity index (χ0) is 12.3. The molecule has 1 saturated heterocycles. The fourth-order valence-corrected chi connectivity index (χ4v) is 2.16. The van der Waals surface area contributed by atoms with Gasteiger partial charge >= 0.3 is 0 Å². The lowest BCUT2D eigenvalue weighted by Gasteiger charge is -2.16. The van der Waals surface area contributed by atoms with Gasteiger partial charge in [0.2, 0.25) is 5.91 Å². The van der Waals surface area contributed by atoms with Crippen molar-refractivity contribution in [3.63, 3.8) is 0 Å². The molecule has 0 radical (unpaired) electrons. The van der Waals surface area contributed by atoms with Gasteiger partial charge in [-0.15, -0.1) is 0 Å². The largest absolute Gasteiger partial charge is 0.508 e. The fourth-order valence-electron chi connectivity index (χ4n) is 2.16. The molecule has 92 valence electrons. The van der Waals surface area contributed by atoms with Crippen LogP contribution < -0.4 is 5.32 Å². The van der Waals surface area contributed by atoms with Gasteiger partial charge in [0.05, 0.1) is 0 Å². The third-order valence-electron chi connectivity index (χ3n) is 3.00. The molecule has 17 heavy (non-hydrogen) atoms. The molecular formula is C13H18N2O2. The van der Waals surface area contributed by atoms with E-state index in [9.17, 15) is 9.90 Å². The molecule has 0 bridgehead atoms. The lowest BCUT2D eigenvalue weighted by molar-refractivity contribution is -0.114. The Bertz CT molecular complexity index is 412. The van der Waals surface area contributed by atoms with E-state index in [-0.39, 0.29) is 11.7 Å². The van der Waals surface area contributed by atoms with Gasteiger partial charge in [-0.05, 0) is 32.0 Å². The molecule has 1 heterocycles. The Balaban J connectivity index is 2.05. The minimum Gasteiger partial charge on any atom is -0.508 e. The van der Waals surface area contributed by atoms with Crippen molar-refractivity contribution in [1.29, 1.82) is 0 Å². The maximum Gasteiger partial charge on any atom is 0.221 e. The smallest absolute Gasteiger partial charge is 0.221 e. The van der Waals surface area contributed by atoms with Gasteiger partial charge < -0.3 is 10.4 Å². The van der Waals surface area contributed by atoms with Crippen molar-refractivity contribution in [2.75, 3.05) is 18.4 Å². The van der Waals surface area contributed by atoms with Gasteiger partial charge in [-0.2, -0.15) is 0 Å². The molecule has 0 atom stereocenters. The summed E-state index contributed by atoms with van der Waals surface area (Å²) in [6.45, 7) is 4.45. The second kappa shape index (κ2) is 5.19. The topological polar surface area (TPSA) is 52.6 Å². The molecule has 2 rings (SSSR count). The average molecular weight is 234 g/mol. The van der Waals surface area contributed by atoms with Crippen LogP contribution in [0.15, 0.2) is 18.2 Å². The first-order valence-electron chi connectivity index (χ1n) is 5.97. The lowest BCUT2D eigenvalue weighted by atomic mass is 10.1. The second-order valence-electron chi connectivity index (χ2n) is 4.51. The molecule has 1 aromatic carbocycles. The SMILES string of the molecule is CC(=O)Nc1ccc(CN2CCCC2)c(O)c1. The first kappa shape index (κ1) is 11.9. The van der Waals surface area contributed by atoms with Gasteiger partial charge in [0, 0.05) is 30.8 Å². The Morgan fingerprint density at radius 1 is 1.41 bits per heavy atom. The highest BCUT2D eigenvalue weighted by atomic mass is 16.3. The van der Waals surface area contributed by atoms with E-state index in [1.165, 1.54) is 19.8 Å². The van der Waals surface area contributed by atoms with Gasteiger partial charge in [0.25, 0.3) is 0 Å². The average Bonchev–Trinajstić information content (AvgIpc) is 2.74. The number of anilines is 1. The zero-order valence-corrected chi connectivity index (χ0v) is 10.1. The van der Waals surface area contributed by atoms with E-state index < -0.39 is 0 Å². The molecule has 4 nitrogen and oxygen atoms in total. The Hall–Kier alpha value is -1.55. The summed E-state index contributed by atoms with van der Waals surface area (Å²) in [6, 6.07) is 5.30. The van der Waals surface area contributed by atoms with Gasteiger partial charge in [-0.25, -0.2) is 0 Å². The zero-order valence-electron chi connectivity index (χ0n) is 10.1. The number of nitrogens with one attached hydrogen (secondary N) is 1. The van der Waals surface area contributed by atoms with E-state index in [1.807, 2.05) is 12.1 Å². The number of hydrogen-bond acceptors (Lipinski definition) is 3. The highest BCUT2D eigenvalue weighted by Crippen LogP contribution is 2.24. The lowest BCUT2D eigenvalue weighted by Crippen LogP contribution is -2.18. The van der Waals surface area contributed by atoms with Gasteiger partial charge in [0.15, 0.2) is 0 Å². The van der Waals surface area contributed by atoms with Crippen LogP contribution in [-0.4, -0.2) is 29.0 Å². The van der Waals surface area contributed by atoms with Gasteiger partial charge in [-0.1, -0.05) is 6.07 Å². The number of likely N-dealkylation sites (tertiary alicyclic amines) is 1. The molecule has 1 aromatic rings. The van der Waals surface area contributed by atoms with Gasteiger partial charge in [0.1, 0.15) is 5.75 Å². The normalized spacial score (nSPS) is 16.1. The minimum absolute atomic E-state index is 0.128. The summed E-state index contributed by atoms with van der Waals surface area (Å²) >= 11 is 0. The first-order chi connectivity index (χ1) is 8.15. The van der Waals surface area contributed by atoms with Crippen molar-refractivity contribution in [3.05, 3.63) is 23.8 Å². The number of carbonyl (C=O) groups excluding carboxylic acids is 1. The van der Waals surface area contributed by atoms with E-state index in [0.717, 1.165) is 25.2 Å². The van der Waals surface area contributed by atoms with Crippen molar-refractivity contribution >= 4 is 11.6 Å². The number of rotatable bonds is 3. The van der Waals surface area contributed by atoms with E-state index in [2.05, 4.69) is 10.2 Å². The number of carbonyl (C=O) groups is 1. The predicted octanol–water partition coefficient (Wildman–Crippen LogP) is 1.95. The molecule has 0 aromatic heterocycles. The molecule has 1 fully saturated rings. The van der Waals surface area contributed by atoms with Crippen LogP contribution in [0.5, 0.6) is 5.75 Å². The Morgan fingerprint density at radius 3 is 2.71 bits per heavy atom.